The number of thioether (sulfide) groups is 1. The normalized spacial score (nSPS) is 21.4. The first-order valence-corrected chi connectivity index (χ1v) is 9.71. The number of carbonyl (C=O) groups excluding carboxylic acids is 2. The van der Waals surface area contributed by atoms with Crippen molar-refractivity contribution in [3.05, 3.63) is 24.3 Å². The predicted molar refractivity (Wildman–Crippen MR) is 93.9 cm³/mol. The van der Waals surface area contributed by atoms with Crippen LogP contribution in [0, 0.1) is 5.92 Å². The van der Waals surface area contributed by atoms with E-state index in [-0.39, 0.29) is 24.3 Å². The third-order valence-electron chi connectivity index (χ3n) is 4.83. The molecule has 0 aromatic heterocycles. The minimum atomic E-state index is -4.28. The van der Waals surface area contributed by atoms with Gasteiger partial charge in [0.2, 0.25) is 11.8 Å². The zero-order chi connectivity index (χ0) is 18.7. The fraction of sp³-hybridized carbons (Fsp3) is 0.556. The van der Waals surface area contributed by atoms with Crippen LogP contribution in [0.4, 0.5) is 18.9 Å². The molecule has 1 aliphatic heterocycles. The highest BCUT2D eigenvalue weighted by Gasteiger charge is 2.38. The Morgan fingerprint density at radius 2 is 1.92 bits per heavy atom. The SMILES string of the molecule is O=C(Nc1ccccc1SCC(F)(F)F)C1CC(=O)N(C2CCCC2)C1. The number of hydrogen-bond donors (Lipinski definition) is 1. The van der Waals surface area contributed by atoms with Gasteiger partial charge in [-0.3, -0.25) is 9.59 Å². The van der Waals surface area contributed by atoms with Crippen molar-refractivity contribution in [2.45, 2.75) is 49.2 Å². The molecule has 1 aromatic carbocycles. The monoisotopic (exact) mass is 386 g/mol. The first-order chi connectivity index (χ1) is 12.3. The Morgan fingerprint density at radius 1 is 1.23 bits per heavy atom. The van der Waals surface area contributed by atoms with Gasteiger partial charge in [-0.05, 0) is 25.0 Å². The van der Waals surface area contributed by atoms with Gasteiger partial charge in [0.05, 0.1) is 17.4 Å². The molecule has 26 heavy (non-hydrogen) atoms. The van der Waals surface area contributed by atoms with E-state index >= 15 is 0 Å². The standard InChI is InChI=1S/C18H21F3N2O2S/c19-18(20,21)11-26-15-8-4-3-7-14(15)22-17(25)12-9-16(24)23(10-12)13-5-1-2-6-13/h3-4,7-8,12-13H,1-2,5-6,9-11H2,(H,22,25). The van der Waals surface area contributed by atoms with Crippen molar-refractivity contribution >= 4 is 29.3 Å². The summed E-state index contributed by atoms with van der Waals surface area (Å²) in [7, 11) is 0. The highest BCUT2D eigenvalue weighted by atomic mass is 32.2. The molecule has 1 saturated carbocycles. The summed E-state index contributed by atoms with van der Waals surface area (Å²) in [4.78, 5) is 27.0. The summed E-state index contributed by atoms with van der Waals surface area (Å²) in [6, 6.07) is 6.67. The molecule has 1 saturated heterocycles. The van der Waals surface area contributed by atoms with E-state index in [0.717, 1.165) is 25.7 Å². The molecule has 1 unspecified atom stereocenters. The average molecular weight is 386 g/mol. The number of rotatable bonds is 5. The molecule has 1 atom stereocenters. The number of likely N-dealkylation sites (tertiary alicyclic amines) is 1. The Bertz CT molecular complexity index is 675. The van der Waals surface area contributed by atoms with E-state index in [1.807, 2.05) is 4.90 Å². The number of halogens is 3. The lowest BCUT2D eigenvalue weighted by molar-refractivity contribution is -0.130. The largest absolute Gasteiger partial charge is 0.398 e. The van der Waals surface area contributed by atoms with E-state index in [4.69, 9.17) is 0 Å². The van der Waals surface area contributed by atoms with Gasteiger partial charge < -0.3 is 10.2 Å². The van der Waals surface area contributed by atoms with E-state index < -0.39 is 17.8 Å². The van der Waals surface area contributed by atoms with Crippen LogP contribution in [0.2, 0.25) is 0 Å². The van der Waals surface area contributed by atoms with Crippen molar-refractivity contribution in [3.63, 3.8) is 0 Å². The number of amides is 2. The zero-order valence-corrected chi connectivity index (χ0v) is 15.0. The lowest BCUT2D eigenvalue weighted by Gasteiger charge is -2.24. The molecule has 1 N–H and O–H groups in total. The van der Waals surface area contributed by atoms with Crippen molar-refractivity contribution in [2.75, 3.05) is 17.6 Å². The van der Waals surface area contributed by atoms with Gasteiger partial charge >= 0.3 is 6.18 Å². The second-order valence-electron chi connectivity index (χ2n) is 6.77. The Kier molecular flexibility index (Phi) is 5.79. The van der Waals surface area contributed by atoms with Gasteiger partial charge in [0.15, 0.2) is 0 Å². The van der Waals surface area contributed by atoms with Crippen LogP contribution in [0.25, 0.3) is 0 Å². The second kappa shape index (κ2) is 7.90. The molecule has 3 rings (SSSR count). The molecular weight excluding hydrogens is 365 g/mol. The maximum absolute atomic E-state index is 12.6. The number of hydrogen-bond acceptors (Lipinski definition) is 3. The summed E-state index contributed by atoms with van der Waals surface area (Å²) >= 11 is 0.643. The fourth-order valence-electron chi connectivity index (χ4n) is 3.57. The van der Waals surface area contributed by atoms with Gasteiger partial charge in [-0.2, -0.15) is 13.2 Å². The number of anilines is 1. The van der Waals surface area contributed by atoms with E-state index in [0.29, 0.717) is 28.9 Å². The van der Waals surface area contributed by atoms with Crippen LogP contribution in [0.1, 0.15) is 32.1 Å². The van der Waals surface area contributed by atoms with Crippen LogP contribution in [-0.2, 0) is 9.59 Å². The Hall–Kier alpha value is -1.70. The maximum Gasteiger partial charge on any atom is 0.398 e. The molecule has 8 heteroatoms. The molecule has 142 valence electrons. The molecular formula is C18H21F3N2O2S. The number of alkyl halides is 3. The highest BCUT2D eigenvalue weighted by Crippen LogP contribution is 2.33. The zero-order valence-electron chi connectivity index (χ0n) is 14.2. The van der Waals surface area contributed by atoms with Gasteiger partial charge in [-0.25, -0.2) is 0 Å². The highest BCUT2D eigenvalue weighted by molar-refractivity contribution is 7.99. The summed E-state index contributed by atoms with van der Waals surface area (Å²) in [5.41, 5.74) is 0.360. The number of nitrogens with zero attached hydrogens (tertiary/aromatic N) is 1. The maximum atomic E-state index is 12.6. The minimum absolute atomic E-state index is 0.00298. The summed E-state index contributed by atoms with van der Waals surface area (Å²) in [5.74, 6) is -1.78. The Morgan fingerprint density at radius 3 is 2.62 bits per heavy atom. The van der Waals surface area contributed by atoms with Gasteiger partial charge in [0.25, 0.3) is 0 Å². The van der Waals surface area contributed by atoms with E-state index in [1.54, 1.807) is 24.3 Å². The van der Waals surface area contributed by atoms with Crippen LogP contribution in [0.15, 0.2) is 29.2 Å². The van der Waals surface area contributed by atoms with E-state index in [9.17, 15) is 22.8 Å². The second-order valence-corrected chi connectivity index (χ2v) is 7.79. The molecule has 1 aromatic rings. The van der Waals surface area contributed by atoms with Crippen LogP contribution in [0.5, 0.6) is 0 Å². The fourth-order valence-corrected chi connectivity index (χ4v) is 4.33. The molecule has 2 amide bonds. The molecule has 4 nitrogen and oxygen atoms in total. The lowest BCUT2D eigenvalue weighted by atomic mass is 10.1. The van der Waals surface area contributed by atoms with Gasteiger partial charge in [0.1, 0.15) is 0 Å². The first-order valence-electron chi connectivity index (χ1n) is 8.72. The van der Waals surface area contributed by atoms with Crippen molar-refractivity contribution in [1.29, 1.82) is 0 Å². The molecule has 0 spiro atoms. The van der Waals surface area contributed by atoms with Gasteiger partial charge in [-0.1, -0.05) is 25.0 Å². The van der Waals surface area contributed by atoms with Crippen LogP contribution in [-0.4, -0.2) is 41.2 Å². The van der Waals surface area contributed by atoms with E-state index in [1.165, 1.54) is 0 Å². The van der Waals surface area contributed by atoms with Crippen molar-refractivity contribution in [3.8, 4) is 0 Å². The van der Waals surface area contributed by atoms with Crippen molar-refractivity contribution in [2.24, 2.45) is 5.92 Å². The van der Waals surface area contributed by atoms with Crippen LogP contribution in [0.3, 0.4) is 0 Å². The van der Waals surface area contributed by atoms with Gasteiger partial charge in [0, 0.05) is 23.9 Å². The lowest BCUT2D eigenvalue weighted by Crippen LogP contribution is -2.35. The summed E-state index contributed by atoms with van der Waals surface area (Å²) < 4.78 is 37.4. The average Bonchev–Trinajstić information content (AvgIpc) is 3.22. The predicted octanol–water partition coefficient (Wildman–Crippen LogP) is 4.07. The first kappa shape index (κ1) is 19.1. The molecule has 2 fully saturated rings. The number of nitrogens with one attached hydrogen (secondary N) is 1. The van der Waals surface area contributed by atoms with Crippen LogP contribution >= 0.6 is 11.8 Å². The van der Waals surface area contributed by atoms with Crippen LogP contribution < -0.4 is 5.32 Å². The molecule has 1 heterocycles. The number of para-hydroxylation sites is 1. The van der Waals surface area contributed by atoms with E-state index in [2.05, 4.69) is 5.32 Å². The van der Waals surface area contributed by atoms with Crippen molar-refractivity contribution < 1.29 is 22.8 Å². The third-order valence-corrected chi connectivity index (χ3v) is 5.97. The number of carbonyl (C=O) groups is 2. The Labute approximate surface area is 154 Å². The number of benzene rings is 1. The summed E-state index contributed by atoms with van der Waals surface area (Å²) in [6.07, 6.45) is 0.0693. The molecule has 1 aliphatic carbocycles. The smallest absolute Gasteiger partial charge is 0.339 e. The van der Waals surface area contributed by atoms with Crippen molar-refractivity contribution in [1.82, 2.24) is 4.90 Å². The topological polar surface area (TPSA) is 49.4 Å². The molecule has 0 radical (unpaired) electrons. The Balaban J connectivity index is 1.62. The third kappa shape index (κ3) is 4.72. The molecule has 0 bridgehead atoms. The summed E-state index contributed by atoms with van der Waals surface area (Å²) in [6.45, 7) is 0.396. The quantitative estimate of drug-likeness (QED) is 0.776. The summed E-state index contributed by atoms with van der Waals surface area (Å²) in [5, 5.41) is 2.71. The molecule has 2 aliphatic rings. The van der Waals surface area contributed by atoms with Gasteiger partial charge in [-0.15, -0.1) is 11.8 Å². The minimum Gasteiger partial charge on any atom is -0.339 e.